The lowest BCUT2D eigenvalue weighted by Gasteiger charge is -2.61. The second-order valence-electron chi connectivity index (χ2n) is 12.5. The van der Waals surface area contributed by atoms with Crippen molar-refractivity contribution in [2.75, 3.05) is 0 Å². The molecule has 2 heteroatoms. The summed E-state index contributed by atoms with van der Waals surface area (Å²) >= 11 is 3.83. The Morgan fingerprint density at radius 1 is 0.897 bits per heavy atom. The average Bonchev–Trinajstić information content (AvgIpc) is 3.02. The monoisotopic (exact) mass is 464 g/mol. The minimum Gasteiger partial charge on any atom is -0.298 e. The Kier molecular flexibility index (Phi) is 6.36. The number of ketones is 1. The smallest absolute Gasteiger partial charge is 0.146 e. The molecule has 0 aromatic rings. The second kappa shape index (κ2) is 8.25. The van der Waals surface area contributed by atoms with Crippen LogP contribution in [0.2, 0.25) is 0 Å². The topological polar surface area (TPSA) is 17.1 Å². The van der Waals surface area contributed by atoms with Gasteiger partial charge in [-0.05, 0) is 97.2 Å². The Hall–Kier alpha value is 0.150. The minimum absolute atomic E-state index is 0.132. The molecule has 4 fully saturated rings. The molecule has 166 valence electrons. The first-order valence-corrected chi connectivity index (χ1v) is 13.8. The van der Waals surface area contributed by atoms with Crippen molar-refractivity contribution in [2.45, 2.75) is 110 Å². The van der Waals surface area contributed by atoms with Crippen LogP contribution in [0.1, 0.15) is 105 Å². The fourth-order valence-electron chi connectivity index (χ4n) is 9.12. The highest BCUT2D eigenvalue weighted by Crippen LogP contribution is 2.68. The number of halogens is 1. The van der Waals surface area contributed by atoms with E-state index >= 15 is 0 Å². The molecular formula is C27H45BrO. The summed E-state index contributed by atoms with van der Waals surface area (Å²) in [6, 6.07) is 0. The summed E-state index contributed by atoms with van der Waals surface area (Å²) in [4.78, 5) is 12.5. The predicted octanol–water partition coefficient (Wildman–Crippen LogP) is 8.05. The molecule has 4 aliphatic carbocycles. The summed E-state index contributed by atoms with van der Waals surface area (Å²) < 4.78 is 0. The lowest BCUT2D eigenvalue weighted by Crippen LogP contribution is -2.56. The zero-order chi connectivity index (χ0) is 21.0. The van der Waals surface area contributed by atoms with Crippen LogP contribution in [0.3, 0.4) is 0 Å². The van der Waals surface area contributed by atoms with Crippen LogP contribution in [0.15, 0.2) is 0 Å². The van der Waals surface area contributed by atoms with Gasteiger partial charge in [0.2, 0.25) is 0 Å². The summed E-state index contributed by atoms with van der Waals surface area (Å²) in [6.07, 6.45) is 14.7. The third kappa shape index (κ3) is 3.70. The van der Waals surface area contributed by atoms with Gasteiger partial charge < -0.3 is 0 Å². The van der Waals surface area contributed by atoms with Gasteiger partial charge in [0.25, 0.3) is 0 Å². The zero-order valence-corrected chi connectivity index (χ0v) is 21.3. The summed E-state index contributed by atoms with van der Waals surface area (Å²) in [7, 11) is 0. The highest BCUT2D eigenvalue weighted by molar-refractivity contribution is 9.10. The SMILES string of the molecule is CC(C)CCC[C@@H](C)[C@H]1CC[C@H]2[C@@H]3CCC4[C@H](Br)C(=O)CC[C@]4(C)[C@H]3CC[C@]12C. The van der Waals surface area contributed by atoms with Crippen LogP contribution in [-0.4, -0.2) is 10.6 Å². The Bertz CT molecular complexity index is 614. The lowest BCUT2D eigenvalue weighted by atomic mass is 9.44. The van der Waals surface area contributed by atoms with E-state index in [0.29, 0.717) is 22.5 Å². The molecule has 1 unspecified atom stereocenters. The maximum Gasteiger partial charge on any atom is 0.146 e. The van der Waals surface area contributed by atoms with Gasteiger partial charge in [-0.2, -0.15) is 0 Å². The molecule has 4 rings (SSSR count). The number of carbonyl (C=O) groups is 1. The van der Waals surface area contributed by atoms with E-state index in [1.165, 1.54) is 57.8 Å². The second-order valence-corrected chi connectivity index (χ2v) is 13.5. The van der Waals surface area contributed by atoms with E-state index in [1.807, 2.05) is 0 Å². The van der Waals surface area contributed by atoms with Gasteiger partial charge in [0.15, 0.2) is 0 Å². The molecule has 1 nitrogen and oxygen atoms in total. The van der Waals surface area contributed by atoms with Gasteiger partial charge in [-0.1, -0.05) is 69.8 Å². The molecule has 9 atom stereocenters. The van der Waals surface area contributed by atoms with Crippen LogP contribution in [0, 0.1) is 52.3 Å². The van der Waals surface area contributed by atoms with Crippen molar-refractivity contribution in [3.63, 3.8) is 0 Å². The molecule has 0 heterocycles. The van der Waals surface area contributed by atoms with Crippen LogP contribution < -0.4 is 0 Å². The highest BCUT2D eigenvalue weighted by atomic mass is 79.9. The van der Waals surface area contributed by atoms with E-state index in [2.05, 4.69) is 50.5 Å². The summed E-state index contributed by atoms with van der Waals surface area (Å²) in [6.45, 7) is 12.6. The van der Waals surface area contributed by atoms with E-state index in [1.54, 1.807) is 0 Å². The van der Waals surface area contributed by atoms with Crippen molar-refractivity contribution in [3.8, 4) is 0 Å². The molecule has 0 radical (unpaired) electrons. The molecule has 0 amide bonds. The molecule has 0 saturated heterocycles. The van der Waals surface area contributed by atoms with Crippen LogP contribution >= 0.6 is 15.9 Å². The Balaban J connectivity index is 1.48. The maximum absolute atomic E-state index is 12.4. The van der Waals surface area contributed by atoms with Crippen molar-refractivity contribution >= 4 is 21.7 Å². The van der Waals surface area contributed by atoms with Gasteiger partial charge in [0.1, 0.15) is 5.78 Å². The van der Waals surface area contributed by atoms with Crippen molar-refractivity contribution in [3.05, 3.63) is 0 Å². The molecule has 0 spiro atoms. The Morgan fingerprint density at radius 3 is 2.31 bits per heavy atom. The maximum atomic E-state index is 12.4. The van der Waals surface area contributed by atoms with Gasteiger partial charge in [0, 0.05) is 6.42 Å². The van der Waals surface area contributed by atoms with E-state index in [0.717, 1.165) is 48.3 Å². The summed E-state index contributed by atoms with van der Waals surface area (Å²) in [5.74, 6) is 6.49. The van der Waals surface area contributed by atoms with E-state index < -0.39 is 0 Å². The molecule has 0 N–H and O–H groups in total. The van der Waals surface area contributed by atoms with Crippen LogP contribution in [0.25, 0.3) is 0 Å². The first-order valence-electron chi connectivity index (χ1n) is 12.8. The summed E-state index contributed by atoms with van der Waals surface area (Å²) in [5, 5.41) is 0. The molecule has 29 heavy (non-hydrogen) atoms. The largest absolute Gasteiger partial charge is 0.298 e. The fourth-order valence-corrected chi connectivity index (χ4v) is 10.2. The van der Waals surface area contributed by atoms with Gasteiger partial charge in [-0.25, -0.2) is 0 Å². The predicted molar refractivity (Wildman–Crippen MR) is 126 cm³/mol. The van der Waals surface area contributed by atoms with Crippen molar-refractivity contribution in [1.82, 2.24) is 0 Å². The van der Waals surface area contributed by atoms with Crippen LogP contribution in [0.4, 0.5) is 0 Å². The van der Waals surface area contributed by atoms with Crippen LogP contribution in [-0.2, 0) is 4.79 Å². The zero-order valence-electron chi connectivity index (χ0n) is 19.7. The summed E-state index contributed by atoms with van der Waals surface area (Å²) in [5.41, 5.74) is 0.979. The molecule has 4 aliphatic rings. The Labute approximate surface area is 188 Å². The number of carbonyl (C=O) groups excluding carboxylic acids is 1. The molecule has 0 aromatic heterocycles. The number of rotatable bonds is 5. The Morgan fingerprint density at radius 2 is 1.59 bits per heavy atom. The molecule has 0 aliphatic heterocycles. The number of hydrogen-bond donors (Lipinski definition) is 0. The third-order valence-electron chi connectivity index (χ3n) is 10.7. The van der Waals surface area contributed by atoms with Gasteiger partial charge in [-0.3, -0.25) is 4.79 Å². The van der Waals surface area contributed by atoms with E-state index in [4.69, 9.17) is 0 Å². The number of alkyl halides is 1. The fraction of sp³-hybridized carbons (Fsp3) is 0.963. The quantitative estimate of drug-likeness (QED) is 0.375. The van der Waals surface area contributed by atoms with E-state index in [9.17, 15) is 4.79 Å². The normalized spacial score (nSPS) is 48.2. The number of fused-ring (bicyclic) bond motifs is 5. The molecule has 0 aromatic carbocycles. The number of Topliss-reactive ketones (excluding diaryl/α,β-unsaturated/α-hetero) is 1. The first kappa shape index (κ1) is 22.3. The van der Waals surface area contributed by atoms with Gasteiger partial charge >= 0.3 is 0 Å². The first-order chi connectivity index (χ1) is 13.7. The third-order valence-corrected chi connectivity index (χ3v) is 11.9. The van der Waals surface area contributed by atoms with Gasteiger partial charge in [-0.15, -0.1) is 0 Å². The number of hydrogen-bond acceptors (Lipinski definition) is 1. The standard InChI is InChI=1S/C27H45BrO/c1-17(2)7-6-8-18(3)20-11-12-21-19-9-10-23-25(28)24(29)14-16-27(23,5)22(19)13-15-26(20,21)4/h17-23,25H,6-16H2,1-5H3/t18-,19+,20-,21+,22+,23?,25+,26-,27-/m1/s1. The van der Waals surface area contributed by atoms with E-state index in [-0.39, 0.29) is 4.83 Å². The van der Waals surface area contributed by atoms with Crippen LogP contribution in [0.5, 0.6) is 0 Å². The van der Waals surface area contributed by atoms with Gasteiger partial charge in [0.05, 0.1) is 4.83 Å². The molecule has 0 bridgehead atoms. The lowest BCUT2D eigenvalue weighted by molar-refractivity contribution is -0.138. The van der Waals surface area contributed by atoms with Crippen molar-refractivity contribution in [1.29, 1.82) is 0 Å². The highest BCUT2D eigenvalue weighted by Gasteiger charge is 2.61. The average molecular weight is 466 g/mol. The minimum atomic E-state index is 0.132. The molecular weight excluding hydrogens is 420 g/mol. The van der Waals surface area contributed by atoms with Crippen molar-refractivity contribution < 1.29 is 4.79 Å². The van der Waals surface area contributed by atoms with Crippen molar-refractivity contribution in [2.24, 2.45) is 52.3 Å². The molecule has 4 saturated carbocycles.